The molecule has 1 aromatic heterocycles. The smallest absolute Gasteiger partial charge is 0.153 e. The standard InChI is InChI=1S/C22H27BrN6O/c1-14-6-7-16(12-19(14)23)22-20(5-4-10-24-22)25-13-17-11-18(8-9-21(17)30-3)29-15(2)26-27-28-29/h6-9,11-12,20,22,24-25H,4-5,10,13H2,1-3H3/t20-,22-/m0/s1. The Bertz CT molecular complexity index is 1020. The number of methoxy groups -OCH3 is 1. The number of aryl methyl sites for hydroxylation is 2. The van der Waals surface area contributed by atoms with Crippen molar-refractivity contribution in [2.24, 2.45) is 0 Å². The van der Waals surface area contributed by atoms with Crippen molar-refractivity contribution in [3.8, 4) is 11.4 Å². The SMILES string of the molecule is COc1ccc(-n2nnnc2C)cc1CN[C@H]1CCCN[C@H]1c1ccc(C)c(Br)c1. The lowest BCUT2D eigenvalue weighted by molar-refractivity contribution is 0.302. The molecule has 2 aromatic carbocycles. The van der Waals surface area contributed by atoms with Crippen molar-refractivity contribution in [3.63, 3.8) is 0 Å². The molecule has 7 nitrogen and oxygen atoms in total. The summed E-state index contributed by atoms with van der Waals surface area (Å²) >= 11 is 3.68. The Balaban J connectivity index is 1.55. The molecule has 2 N–H and O–H groups in total. The van der Waals surface area contributed by atoms with E-state index in [2.05, 4.69) is 73.3 Å². The van der Waals surface area contributed by atoms with Crippen molar-refractivity contribution in [1.29, 1.82) is 0 Å². The monoisotopic (exact) mass is 470 g/mol. The lowest BCUT2D eigenvalue weighted by atomic mass is 9.91. The van der Waals surface area contributed by atoms with Gasteiger partial charge in [-0.15, -0.1) is 5.10 Å². The molecule has 1 saturated heterocycles. The molecular weight excluding hydrogens is 444 g/mol. The molecule has 8 heteroatoms. The van der Waals surface area contributed by atoms with Gasteiger partial charge in [0.25, 0.3) is 0 Å². The third-order valence-electron chi connectivity index (χ3n) is 5.70. The van der Waals surface area contributed by atoms with Crippen molar-refractivity contribution in [2.75, 3.05) is 13.7 Å². The number of hydrogen-bond acceptors (Lipinski definition) is 6. The first-order chi connectivity index (χ1) is 14.6. The second-order valence-electron chi connectivity index (χ2n) is 7.70. The van der Waals surface area contributed by atoms with Crippen molar-refractivity contribution < 1.29 is 4.74 Å². The van der Waals surface area contributed by atoms with Crippen LogP contribution >= 0.6 is 15.9 Å². The van der Waals surface area contributed by atoms with E-state index in [4.69, 9.17) is 4.74 Å². The Morgan fingerprint density at radius 1 is 1.23 bits per heavy atom. The third-order valence-corrected chi connectivity index (χ3v) is 6.56. The van der Waals surface area contributed by atoms with Crippen LogP contribution in [-0.2, 0) is 6.54 Å². The van der Waals surface area contributed by atoms with E-state index in [0.29, 0.717) is 12.6 Å². The molecule has 0 bridgehead atoms. The third kappa shape index (κ3) is 4.40. The van der Waals surface area contributed by atoms with Gasteiger partial charge in [0.2, 0.25) is 0 Å². The maximum absolute atomic E-state index is 5.61. The maximum atomic E-state index is 5.61. The molecule has 0 aliphatic carbocycles. The van der Waals surface area contributed by atoms with E-state index in [-0.39, 0.29) is 6.04 Å². The summed E-state index contributed by atoms with van der Waals surface area (Å²) in [7, 11) is 1.70. The number of tetrazole rings is 1. The first-order valence-corrected chi connectivity index (χ1v) is 11.0. The van der Waals surface area contributed by atoms with Gasteiger partial charge in [0.15, 0.2) is 5.82 Å². The lowest BCUT2D eigenvalue weighted by Crippen LogP contribution is -2.45. The number of nitrogens with zero attached hydrogens (tertiary/aromatic N) is 4. The van der Waals surface area contributed by atoms with Gasteiger partial charge in [0, 0.05) is 28.7 Å². The molecule has 1 aliphatic rings. The number of hydrogen-bond donors (Lipinski definition) is 2. The minimum absolute atomic E-state index is 0.270. The largest absolute Gasteiger partial charge is 0.496 e. The second kappa shape index (κ2) is 9.24. The van der Waals surface area contributed by atoms with E-state index in [9.17, 15) is 0 Å². The highest BCUT2D eigenvalue weighted by Crippen LogP contribution is 2.29. The minimum atomic E-state index is 0.270. The van der Waals surface area contributed by atoms with Gasteiger partial charge in [-0.2, -0.15) is 4.68 Å². The van der Waals surface area contributed by atoms with Gasteiger partial charge in [-0.3, -0.25) is 0 Å². The number of aromatic nitrogens is 4. The molecule has 0 saturated carbocycles. The molecule has 158 valence electrons. The summed E-state index contributed by atoms with van der Waals surface area (Å²) in [6.07, 6.45) is 2.28. The highest BCUT2D eigenvalue weighted by atomic mass is 79.9. The van der Waals surface area contributed by atoms with E-state index < -0.39 is 0 Å². The molecule has 0 spiro atoms. The minimum Gasteiger partial charge on any atom is -0.496 e. The van der Waals surface area contributed by atoms with Crippen LogP contribution in [0.4, 0.5) is 0 Å². The summed E-state index contributed by atoms with van der Waals surface area (Å²) in [5.41, 5.74) is 4.56. The average Bonchev–Trinajstić information content (AvgIpc) is 3.20. The van der Waals surface area contributed by atoms with Crippen LogP contribution in [0, 0.1) is 13.8 Å². The van der Waals surface area contributed by atoms with Crippen LogP contribution < -0.4 is 15.4 Å². The quantitative estimate of drug-likeness (QED) is 0.572. The van der Waals surface area contributed by atoms with E-state index in [1.165, 1.54) is 11.1 Å². The van der Waals surface area contributed by atoms with Crippen LogP contribution in [0.1, 0.15) is 41.4 Å². The molecule has 1 fully saturated rings. The van der Waals surface area contributed by atoms with Gasteiger partial charge >= 0.3 is 0 Å². The summed E-state index contributed by atoms with van der Waals surface area (Å²) in [4.78, 5) is 0. The van der Waals surface area contributed by atoms with E-state index in [0.717, 1.165) is 46.7 Å². The number of rotatable bonds is 6. The molecule has 2 heterocycles. The zero-order valence-corrected chi connectivity index (χ0v) is 19.1. The highest BCUT2D eigenvalue weighted by Gasteiger charge is 2.26. The van der Waals surface area contributed by atoms with E-state index >= 15 is 0 Å². The first kappa shape index (κ1) is 21.0. The molecular formula is C22H27BrN6O. The van der Waals surface area contributed by atoms with Crippen molar-refractivity contribution in [3.05, 3.63) is 63.4 Å². The van der Waals surface area contributed by atoms with Crippen molar-refractivity contribution >= 4 is 15.9 Å². The van der Waals surface area contributed by atoms with Gasteiger partial charge in [-0.1, -0.05) is 28.1 Å². The Kier molecular flexibility index (Phi) is 6.46. The van der Waals surface area contributed by atoms with Gasteiger partial charge in [0.1, 0.15) is 5.75 Å². The zero-order valence-electron chi connectivity index (χ0n) is 17.5. The Labute approximate surface area is 185 Å². The fraction of sp³-hybridized carbons (Fsp3) is 0.409. The van der Waals surface area contributed by atoms with Crippen molar-refractivity contribution in [1.82, 2.24) is 30.8 Å². The zero-order chi connectivity index (χ0) is 21.1. The predicted molar refractivity (Wildman–Crippen MR) is 120 cm³/mol. The average molecular weight is 471 g/mol. The number of halogens is 1. The lowest BCUT2D eigenvalue weighted by Gasteiger charge is -2.34. The fourth-order valence-corrected chi connectivity index (χ4v) is 4.40. The number of piperidine rings is 1. The molecule has 0 radical (unpaired) electrons. The van der Waals surface area contributed by atoms with Crippen LogP contribution in [0.2, 0.25) is 0 Å². The summed E-state index contributed by atoms with van der Waals surface area (Å²) in [6, 6.07) is 13.3. The van der Waals surface area contributed by atoms with Gasteiger partial charge in [0.05, 0.1) is 12.8 Å². The van der Waals surface area contributed by atoms with Crippen molar-refractivity contribution in [2.45, 2.75) is 45.3 Å². The molecule has 0 amide bonds. The number of ether oxygens (including phenoxy) is 1. The second-order valence-corrected chi connectivity index (χ2v) is 8.56. The van der Waals surface area contributed by atoms with Crippen LogP contribution in [0.5, 0.6) is 5.75 Å². The van der Waals surface area contributed by atoms with Crippen LogP contribution in [0.25, 0.3) is 5.69 Å². The summed E-state index contributed by atoms with van der Waals surface area (Å²) in [6.45, 7) is 5.74. The van der Waals surface area contributed by atoms with Crippen LogP contribution in [-0.4, -0.2) is 39.9 Å². The highest BCUT2D eigenvalue weighted by molar-refractivity contribution is 9.10. The summed E-state index contributed by atoms with van der Waals surface area (Å²) in [5, 5.41) is 19.3. The van der Waals surface area contributed by atoms with Crippen LogP contribution in [0.15, 0.2) is 40.9 Å². The van der Waals surface area contributed by atoms with E-state index in [1.807, 2.05) is 19.1 Å². The molecule has 2 atom stereocenters. The first-order valence-electron chi connectivity index (χ1n) is 10.2. The predicted octanol–water partition coefficient (Wildman–Crippen LogP) is 3.63. The number of benzene rings is 2. The molecule has 3 aromatic rings. The Hall–Kier alpha value is -2.29. The molecule has 0 unspecified atom stereocenters. The molecule has 30 heavy (non-hydrogen) atoms. The summed E-state index contributed by atoms with van der Waals surface area (Å²) < 4.78 is 8.49. The molecule has 4 rings (SSSR count). The Morgan fingerprint density at radius 2 is 2.10 bits per heavy atom. The number of nitrogens with one attached hydrogen (secondary N) is 2. The van der Waals surface area contributed by atoms with Crippen LogP contribution in [0.3, 0.4) is 0 Å². The summed E-state index contributed by atoms with van der Waals surface area (Å²) in [5.74, 6) is 1.61. The fourth-order valence-electron chi connectivity index (χ4n) is 4.01. The van der Waals surface area contributed by atoms with Gasteiger partial charge in [-0.05, 0) is 79.1 Å². The molecule has 1 aliphatic heterocycles. The van der Waals surface area contributed by atoms with Gasteiger partial charge in [-0.25, -0.2) is 0 Å². The normalized spacial score (nSPS) is 19.1. The Morgan fingerprint density at radius 3 is 2.83 bits per heavy atom. The maximum Gasteiger partial charge on any atom is 0.153 e. The topological polar surface area (TPSA) is 76.9 Å². The van der Waals surface area contributed by atoms with E-state index in [1.54, 1.807) is 11.8 Å². The van der Waals surface area contributed by atoms with Gasteiger partial charge < -0.3 is 15.4 Å².